The van der Waals surface area contributed by atoms with Gasteiger partial charge in [0.1, 0.15) is 13.2 Å². The number of aromatic nitrogens is 1. The Morgan fingerprint density at radius 2 is 1.30 bits per heavy atom. The van der Waals surface area contributed by atoms with Crippen LogP contribution in [0.4, 0.5) is 4.79 Å². The van der Waals surface area contributed by atoms with Crippen LogP contribution >= 0.6 is 11.6 Å². The second-order valence-corrected chi connectivity index (χ2v) is 9.46. The molecule has 0 aliphatic carbocycles. The smallest absolute Gasteiger partial charge is 0.429 e. The lowest BCUT2D eigenvalue weighted by Gasteiger charge is -2.25. The molecule has 1 amide bonds. The van der Waals surface area contributed by atoms with E-state index in [1.165, 1.54) is 7.05 Å². The topological polar surface area (TPSA) is 77.8 Å². The first kappa shape index (κ1) is 26.7. The molecule has 0 spiro atoms. The summed E-state index contributed by atoms with van der Waals surface area (Å²) in [5, 5.41) is 2.11. The lowest BCUT2D eigenvalue weighted by atomic mass is 9.97. The Hall–Kier alpha value is -4.88. The van der Waals surface area contributed by atoms with Gasteiger partial charge in [0, 0.05) is 23.0 Å². The Kier molecular flexibility index (Phi) is 7.94. The molecule has 7 nitrogen and oxygen atoms in total. The summed E-state index contributed by atoms with van der Waals surface area (Å²) in [6, 6.07) is 32.2. The van der Waals surface area contributed by atoms with Crippen LogP contribution in [0.2, 0.25) is 5.02 Å². The fourth-order valence-corrected chi connectivity index (χ4v) is 4.59. The van der Waals surface area contributed by atoms with Crippen molar-refractivity contribution in [2.75, 3.05) is 12.1 Å². The molecular formula is C32H25ClN2O5. The molecule has 0 N–H and O–H groups in total. The minimum atomic E-state index is -0.824. The van der Waals surface area contributed by atoms with Crippen LogP contribution in [0.15, 0.2) is 114 Å². The first-order valence-electron chi connectivity index (χ1n) is 12.5. The minimum Gasteiger partial charge on any atom is -0.456 e. The van der Waals surface area contributed by atoms with E-state index in [-0.39, 0.29) is 24.3 Å². The van der Waals surface area contributed by atoms with Crippen molar-refractivity contribution in [3.8, 4) is 11.1 Å². The number of carbonyl (C=O) groups excluding carboxylic acids is 2. The van der Waals surface area contributed by atoms with Crippen molar-refractivity contribution in [3.05, 3.63) is 141 Å². The highest BCUT2D eigenvalue weighted by Gasteiger charge is 2.29. The van der Waals surface area contributed by atoms with Crippen LogP contribution in [-0.2, 0) is 22.7 Å². The molecule has 0 radical (unpaired) electrons. The predicted molar refractivity (Wildman–Crippen MR) is 155 cm³/mol. The second-order valence-electron chi connectivity index (χ2n) is 9.02. The average molecular weight is 553 g/mol. The first-order chi connectivity index (χ1) is 19.4. The summed E-state index contributed by atoms with van der Waals surface area (Å²) < 4.78 is 12.2. The molecule has 0 fully saturated rings. The van der Waals surface area contributed by atoms with E-state index in [1.54, 1.807) is 18.2 Å². The van der Waals surface area contributed by atoms with E-state index in [9.17, 15) is 14.4 Å². The highest BCUT2D eigenvalue weighted by atomic mass is 35.5. The Morgan fingerprint density at radius 1 is 0.750 bits per heavy atom. The van der Waals surface area contributed by atoms with E-state index in [0.717, 1.165) is 20.8 Å². The third-order valence-electron chi connectivity index (χ3n) is 6.36. The number of ether oxygens (including phenoxy) is 2. The summed E-state index contributed by atoms with van der Waals surface area (Å²) in [4.78, 5) is 41.0. The lowest BCUT2D eigenvalue weighted by Crippen LogP contribution is -2.46. The van der Waals surface area contributed by atoms with Crippen LogP contribution in [0.1, 0.15) is 21.6 Å². The van der Waals surface area contributed by atoms with Gasteiger partial charge < -0.3 is 9.47 Å². The minimum absolute atomic E-state index is 0.0126. The van der Waals surface area contributed by atoms with E-state index in [2.05, 4.69) is 0 Å². The lowest BCUT2D eigenvalue weighted by molar-refractivity contribution is 0.0459. The largest absolute Gasteiger partial charge is 0.456 e. The monoisotopic (exact) mass is 552 g/mol. The maximum atomic E-state index is 13.9. The summed E-state index contributed by atoms with van der Waals surface area (Å²) in [5.74, 6) is -0.788. The molecule has 0 aliphatic heterocycles. The maximum Gasteiger partial charge on any atom is 0.429 e. The van der Waals surface area contributed by atoms with Crippen molar-refractivity contribution < 1.29 is 19.1 Å². The van der Waals surface area contributed by atoms with E-state index < -0.39 is 17.6 Å². The van der Waals surface area contributed by atoms with Crippen molar-refractivity contribution in [1.82, 2.24) is 4.68 Å². The number of fused-ring (bicyclic) bond motifs is 1. The van der Waals surface area contributed by atoms with E-state index in [0.29, 0.717) is 21.5 Å². The molecule has 40 heavy (non-hydrogen) atoms. The van der Waals surface area contributed by atoms with Crippen LogP contribution in [0, 0.1) is 0 Å². The molecule has 1 heterocycles. The van der Waals surface area contributed by atoms with Crippen LogP contribution in [-0.4, -0.2) is 23.8 Å². The standard InChI is InChI=1S/C32H25ClN2O5/c1-34(32(38)40-21-23-13-7-3-8-14-23)35-29(31(37)39-20-22-11-5-2-6-12-22)28(24-15-9-4-10-16-24)27-19-25(33)17-18-26(27)30(35)36/h2-19H,20-21H2,1H3. The zero-order valence-electron chi connectivity index (χ0n) is 21.6. The van der Waals surface area contributed by atoms with Gasteiger partial charge in [0.25, 0.3) is 5.56 Å². The molecule has 8 heteroatoms. The molecule has 0 bridgehead atoms. The molecule has 200 valence electrons. The van der Waals surface area contributed by atoms with Crippen molar-refractivity contribution in [3.63, 3.8) is 0 Å². The van der Waals surface area contributed by atoms with Gasteiger partial charge in [-0.1, -0.05) is 103 Å². The zero-order chi connectivity index (χ0) is 28.1. The van der Waals surface area contributed by atoms with Crippen molar-refractivity contribution in [1.29, 1.82) is 0 Å². The fourth-order valence-electron chi connectivity index (χ4n) is 4.42. The van der Waals surface area contributed by atoms with Gasteiger partial charge in [-0.2, -0.15) is 0 Å². The molecule has 0 saturated heterocycles. The van der Waals surface area contributed by atoms with Gasteiger partial charge >= 0.3 is 12.1 Å². The molecule has 0 unspecified atom stereocenters. The molecular weight excluding hydrogens is 528 g/mol. The zero-order valence-corrected chi connectivity index (χ0v) is 22.4. The van der Waals surface area contributed by atoms with Gasteiger partial charge in [-0.05, 0) is 40.3 Å². The molecule has 0 saturated carbocycles. The highest BCUT2D eigenvalue weighted by molar-refractivity contribution is 6.31. The van der Waals surface area contributed by atoms with Gasteiger partial charge in [-0.25, -0.2) is 19.3 Å². The maximum absolute atomic E-state index is 13.9. The number of amides is 1. The van der Waals surface area contributed by atoms with Crippen LogP contribution < -0.4 is 10.6 Å². The average Bonchev–Trinajstić information content (AvgIpc) is 2.99. The van der Waals surface area contributed by atoms with Crippen molar-refractivity contribution in [2.45, 2.75) is 13.2 Å². The van der Waals surface area contributed by atoms with Gasteiger partial charge in [-0.15, -0.1) is 0 Å². The normalized spacial score (nSPS) is 10.8. The van der Waals surface area contributed by atoms with E-state index >= 15 is 0 Å². The Balaban J connectivity index is 1.66. The molecule has 4 aromatic carbocycles. The molecule has 5 aromatic rings. The Labute approximate surface area is 235 Å². The quantitative estimate of drug-likeness (QED) is 0.213. The molecule has 0 atom stereocenters. The number of pyridine rings is 1. The van der Waals surface area contributed by atoms with E-state index in [4.69, 9.17) is 21.1 Å². The third kappa shape index (κ3) is 5.60. The van der Waals surface area contributed by atoms with Gasteiger partial charge in [0.15, 0.2) is 5.69 Å². The fraction of sp³-hybridized carbons (Fsp3) is 0.0938. The Morgan fingerprint density at radius 3 is 1.90 bits per heavy atom. The predicted octanol–water partition coefficient (Wildman–Crippen LogP) is 6.58. The number of halogens is 1. The molecule has 0 aliphatic rings. The van der Waals surface area contributed by atoms with E-state index in [1.807, 2.05) is 91.0 Å². The number of esters is 1. The van der Waals surface area contributed by atoms with Crippen LogP contribution in [0.25, 0.3) is 21.9 Å². The number of carbonyl (C=O) groups is 2. The number of hydrogen-bond acceptors (Lipinski definition) is 5. The molecule has 5 rings (SSSR count). The summed E-state index contributed by atoms with van der Waals surface area (Å²) in [5.41, 5.74) is 1.86. The molecule has 1 aromatic heterocycles. The summed E-state index contributed by atoms with van der Waals surface area (Å²) in [6.45, 7) is -0.0425. The van der Waals surface area contributed by atoms with Gasteiger partial charge in [0.05, 0.1) is 0 Å². The summed E-state index contributed by atoms with van der Waals surface area (Å²) in [6.07, 6.45) is -0.824. The highest BCUT2D eigenvalue weighted by Crippen LogP contribution is 2.33. The van der Waals surface area contributed by atoms with Crippen molar-refractivity contribution >= 4 is 34.4 Å². The number of nitrogens with zero attached hydrogens (tertiary/aromatic N) is 2. The van der Waals surface area contributed by atoms with Gasteiger partial charge in [0.2, 0.25) is 0 Å². The number of benzene rings is 4. The van der Waals surface area contributed by atoms with Crippen molar-refractivity contribution in [2.24, 2.45) is 0 Å². The SMILES string of the molecule is CN(C(=O)OCc1ccccc1)n1c(C(=O)OCc2ccccc2)c(-c2ccccc2)c2cc(Cl)ccc2c1=O. The first-order valence-corrected chi connectivity index (χ1v) is 12.9. The Bertz CT molecular complexity index is 1720. The third-order valence-corrected chi connectivity index (χ3v) is 6.60. The summed E-state index contributed by atoms with van der Waals surface area (Å²) >= 11 is 6.35. The number of hydrogen-bond donors (Lipinski definition) is 0. The summed E-state index contributed by atoms with van der Waals surface area (Å²) in [7, 11) is 1.37. The van der Waals surface area contributed by atoms with Gasteiger partial charge in [-0.3, -0.25) is 4.79 Å². The second kappa shape index (κ2) is 11.9. The number of rotatable bonds is 7. The van der Waals surface area contributed by atoms with Crippen LogP contribution in [0.5, 0.6) is 0 Å². The van der Waals surface area contributed by atoms with Crippen LogP contribution in [0.3, 0.4) is 0 Å².